The molecular formula is C25H31N5O5S. The van der Waals surface area contributed by atoms with Crippen LogP contribution in [0.5, 0.6) is 0 Å². The number of sulfonamides is 1. The van der Waals surface area contributed by atoms with Gasteiger partial charge in [-0.3, -0.25) is 14.5 Å². The topological polar surface area (TPSA) is 107 Å². The smallest absolute Gasteiger partial charge is 0.276 e. The lowest BCUT2D eigenvalue weighted by atomic mass is 9.89. The van der Waals surface area contributed by atoms with Crippen molar-refractivity contribution < 1.29 is 22.4 Å². The van der Waals surface area contributed by atoms with Crippen molar-refractivity contribution in [1.82, 2.24) is 19.1 Å². The summed E-state index contributed by atoms with van der Waals surface area (Å²) in [5.74, 6) is -1.18. The zero-order chi connectivity index (χ0) is 25.6. The van der Waals surface area contributed by atoms with Crippen molar-refractivity contribution in [3.63, 3.8) is 0 Å². The van der Waals surface area contributed by atoms with Crippen molar-refractivity contribution in [1.29, 1.82) is 0 Å². The number of nitrogens with zero attached hydrogens (tertiary/aromatic N) is 5. The molecule has 2 atom stereocenters. The third-order valence-corrected chi connectivity index (χ3v) is 8.18. The second-order valence-electron chi connectivity index (χ2n) is 9.89. The van der Waals surface area contributed by atoms with E-state index in [2.05, 4.69) is 26.9 Å². The predicted octanol–water partition coefficient (Wildman–Crippen LogP) is 1.78. The van der Waals surface area contributed by atoms with E-state index in [0.717, 1.165) is 36.7 Å². The summed E-state index contributed by atoms with van der Waals surface area (Å²) < 4.78 is 31.1. The number of piperazine rings is 1. The molecule has 10 nitrogen and oxygen atoms in total. The molecule has 3 aliphatic heterocycles. The molecule has 2 saturated heterocycles. The normalized spacial score (nSPS) is 22.9. The van der Waals surface area contributed by atoms with Crippen LogP contribution in [0.25, 0.3) is 0 Å². The Labute approximate surface area is 211 Å². The van der Waals surface area contributed by atoms with Gasteiger partial charge in [0, 0.05) is 38.4 Å². The van der Waals surface area contributed by atoms with Crippen LogP contribution in [0.15, 0.2) is 52.8 Å². The summed E-state index contributed by atoms with van der Waals surface area (Å²) in [4.78, 5) is 36.9. The van der Waals surface area contributed by atoms with Gasteiger partial charge in [-0.1, -0.05) is 32.0 Å². The molecule has 0 N–H and O–H groups in total. The summed E-state index contributed by atoms with van der Waals surface area (Å²) in [6.45, 7) is 7.91. The van der Waals surface area contributed by atoms with Gasteiger partial charge in [-0.25, -0.2) is 17.7 Å². The molecule has 2 aromatic rings. The lowest BCUT2D eigenvalue weighted by molar-refractivity contribution is -0.128. The molecule has 11 heteroatoms. The van der Waals surface area contributed by atoms with Crippen LogP contribution >= 0.6 is 0 Å². The van der Waals surface area contributed by atoms with Crippen molar-refractivity contribution in [2.75, 3.05) is 43.9 Å². The van der Waals surface area contributed by atoms with Crippen LogP contribution in [0.2, 0.25) is 0 Å². The molecule has 2 fully saturated rings. The van der Waals surface area contributed by atoms with Gasteiger partial charge >= 0.3 is 0 Å². The van der Waals surface area contributed by atoms with E-state index in [1.807, 2.05) is 32.0 Å². The Bertz CT molecular complexity index is 1280. The van der Waals surface area contributed by atoms with Gasteiger partial charge in [0.25, 0.3) is 5.91 Å². The van der Waals surface area contributed by atoms with Crippen LogP contribution in [0, 0.1) is 11.8 Å². The zero-order valence-electron chi connectivity index (χ0n) is 20.7. The highest BCUT2D eigenvalue weighted by atomic mass is 32.2. The van der Waals surface area contributed by atoms with Gasteiger partial charge < -0.3 is 14.2 Å². The Morgan fingerprint density at radius 3 is 2.47 bits per heavy atom. The van der Waals surface area contributed by atoms with Crippen LogP contribution in [-0.4, -0.2) is 84.3 Å². The highest BCUT2D eigenvalue weighted by Crippen LogP contribution is 2.41. The number of carbonyl (C=O) groups excluding carboxylic acids is 2. The van der Waals surface area contributed by atoms with Crippen LogP contribution in [0.3, 0.4) is 0 Å². The van der Waals surface area contributed by atoms with Gasteiger partial charge in [-0.05, 0) is 24.1 Å². The van der Waals surface area contributed by atoms with Gasteiger partial charge in [0.05, 0.1) is 30.5 Å². The molecule has 2 amide bonds. The number of benzene rings is 1. The maximum atomic E-state index is 13.4. The lowest BCUT2D eigenvalue weighted by Gasteiger charge is -2.35. The Hall–Kier alpha value is -3.18. The summed E-state index contributed by atoms with van der Waals surface area (Å²) in [7, 11) is -3.79. The van der Waals surface area contributed by atoms with Crippen LogP contribution < -0.4 is 4.90 Å². The van der Waals surface area contributed by atoms with E-state index < -0.39 is 27.9 Å². The second-order valence-corrected chi connectivity index (χ2v) is 11.7. The summed E-state index contributed by atoms with van der Waals surface area (Å²) in [5, 5.41) is 0. The Kier molecular flexibility index (Phi) is 6.37. The number of hydrogen-bond donors (Lipinski definition) is 0. The molecule has 0 unspecified atom stereocenters. The molecule has 0 aliphatic carbocycles. The van der Waals surface area contributed by atoms with E-state index in [4.69, 9.17) is 4.42 Å². The van der Waals surface area contributed by atoms with Crippen molar-refractivity contribution in [3.8, 4) is 0 Å². The quantitative estimate of drug-likeness (QED) is 0.575. The van der Waals surface area contributed by atoms with E-state index in [9.17, 15) is 18.0 Å². The Balaban J connectivity index is 1.25. The molecule has 0 spiro atoms. The minimum atomic E-state index is -3.79. The van der Waals surface area contributed by atoms with E-state index in [-0.39, 0.29) is 24.1 Å². The molecule has 0 radical (unpaired) electrons. The minimum absolute atomic E-state index is 0.145. The number of hydrogen-bond acceptors (Lipinski definition) is 8. The van der Waals surface area contributed by atoms with Crippen LogP contribution in [0.4, 0.5) is 5.69 Å². The number of oxazole rings is 1. The van der Waals surface area contributed by atoms with Crippen molar-refractivity contribution in [3.05, 3.63) is 60.0 Å². The fourth-order valence-corrected chi connectivity index (χ4v) is 6.42. The number of rotatable bonds is 6. The standard InChI is InChI=1S/C25H31N5O5S/c1-17(2)22-23-20(30(25(22)32)36(3,33)34)9-10-29(23)24(31)19-16-35-21(26-19)15-27-11-13-28(14-12-27)18-7-5-4-6-8-18/h4-9,16-17,22-23H,10-15H2,1-3H3/t22-,23+/m0/s1. The number of fused-ring (bicyclic) bond motifs is 1. The molecule has 3 aliphatic rings. The van der Waals surface area contributed by atoms with Crippen LogP contribution in [0.1, 0.15) is 30.2 Å². The first-order valence-electron chi connectivity index (χ1n) is 12.2. The summed E-state index contributed by atoms with van der Waals surface area (Å²) >= 11 is 0. The molecular weight excluding hydrogens is 482 g/mol. The molecule has 0 bridgehead atoms. The van der Waals surface area contributed by atoms with Crippen LogP contribution in [-0.2, 0) is 21.4 Å². The third kappa shape index (κ3) is 4.41. The van der Waals surface area contributed by atoms with E-state index in [1.54, 1.807) is 6.08 Å². The first kappa shape index (κ1) is 24.5. The number of para-hydroxylation sites is 1. The van der Waals surface area contributed by atoms with E-state index >= 15 is 0 Å². The van der Waals surface area contributed by atoms with Gasteiger partial charge in [-0.15, -0.1) is 0 Å². The molecule has 192 valence electrons. The number of anilines is 1. The van der Waals surface area contributed by atoms with Gasteiger partial charge in [0.15, 0.2) is 5.69 Å². The SMILES string of the molecule is CC(C)[C@@H]1C(=O)N(S(C)(=O)=O)C2=CCN(C(=O)c3coc(CN4CCN(c5ccccc5)CC4)n3)[C@H]21. The largest absolute Gasteiger partial charge is 0.447 e. The summed E-state index contributed by atoms with van der Waals surface area (Å²) in [6, 6.07) is 9.67. The first-order valence-corrected chi connectivity index (χ1v) is 14.0. The molecule has 36 heavy (non-hydrogen) atoms. The Morgan fingerprint density at radius 1 is 1.14 bits per heavy atom. The number of carbonyl (C=O) groups is 2. The highest BCUT2D eigenvalue weighted by molar-refractivity contribution is 7.89. The van der Waals surface area contributed by atoms with Crippen molar-refractivity contribution >= 4 is 27.5 Å². The molecule has 1 aromatic heterocycles. The average molecular weight is 514 g/mol. The molecule has 4 heterocycles. The minimum Gasteiger partial charge on any atom is -0.447 e. The summed E-state index contributed by atoms with van der Waals surface area (Å²) in [5.41, 5.74) is 1.73. The van der Waals surface area contributed by atoms with Crippen molar-refractivity contribution in [2.45, 2.75) is 26.4 Å². The molecule has 0 saturated carbocycles. The second kappa shape index (κ2) is 9.36. The van der Waals surface area contributed by atoms with Gasteiger partial charge in [-0.2, -0.15) is 0 Å². The number of aromatic nitrogens is 1. The molecule has 5 rings (SSSR count). The average Bonchev–Trinajstić information content (AvgIpc) is 3.53. The van der Waals surface area contributed by atoms with Crippen molar-refractivity contribution in [2.24, 2.45) is 11.8 Å². The monoisotopic (exact) mass is 513 g/mol. The lowest BCUT2D eigenvalue weighted by Crippen LogP contribution is -2.46. The predicted molar refractivity (Wildman–Crippen MR) is 133 cm³/mol. The zero-order valence-corrected chi connectivity index (χ0v) is 21.5. The molecule has 1 aromatic carbocycles. The maximum Gasteiger partial charge on any atom is 0.276 e. The number of amides is 2. The first-order chi connectivity index (χ1) is 17.1. The van der Waals surface area contributed by atoms with Gasteiger partial charge in [0.1, 0.15) is 6.26 Å². The highest BCUT2D eigenvalue weighted by Gasteiger charge is 2.55. The fourth-order valence-electron chi connectivity index (χ4n) is 5.40. The summed E-state index contributed by atoms with van der Waals surface area (Å²) in [6.07, 6.45) is 4.02. The van der Waals surface area contributed by atoms with Gasteiger partial charge in [0.2, 0.25) is 21.8 Å². The maximum absolute atomic E-state index is 13.4. The fraction of sp³-hybridized carbons (Fsp3) is 0.480. The third-order valence-electron chi connectivity index (χ3n) is 7.13. The van der Waals surface area contributed by atoms with E-state index in [1.165, 1.54) is 16.9 Å². The van der Waals surface area contributed by atoms with E-state index in [0.29, 0.717) is 18.1 Å². The Morgan fingerprint density at radius 2 is 1.83 bits per heavy atom.